The fourth-order valence-corrected chi connectivity index (χ4v) is 2.21. The van der Waals surface area contributed by atoms with E-state index in [1.165, 1.54) is 6.42 Å². The van der Waals surface area contributed by atoms with Gasteiger partial charge in [0.15, 0.2) is 5.96 Å². The van der Waals surface area contributed by atoms with E-state index in [9.17, 15) is 0 Å². The Morgan fingerprint density at radius 2 is 2.05 bits per heavy atom. The molecule has 2 N–H and O–H groups in total. The molecule has 0 bridgehead atoms. The number of hydrogen-bond acceptors (Lipinski definition) is 2. The summed E-state index contributed by atoms with van der Waals surface area (Å²) in [6.45, 7) is 6.65. The monoisotopic (exact) mass is 287 g/mol. The van der Waals surface area contributed by atoms with Crippen LogP contribution in [0.3, 0.4) is 0 Å². The Balaban J connectivity index is 2.09. The van der Waals surface area contributed by atoms with E-state index in [1.54, 1.807) is 0 Å². The Morgan fingerprint density at radius 1 is 1.24 bits per heavy atom. The summed E-state index contributed by atoms with van der Waals surface area (Å²) in [5.41, 5.74) is 2.17. The van der Waals surface area contributed by atoms with Crippen LogP contribution in [-0.4, -0.2) is 28.6 Å². The molecule has 5 heteroatoms. The molecule has 1 aromatic heterocycles. The number of aromatic nitrogens is 2. The van der Waals surface area contributed by atoms with Crippen LogP contribution in [-0.2, 0) is 13.6 Å². The van der Waals surface area contributed by atoms with Crippen molar-refractivity contribution in [3.63, 3.8) is 0 Å². The molecule has 5 nitrogen and oxygen atoms in total. The molecule has 0 aliphatic carbocycles. The molecule has 114 valence electrons. The number of unbranched alkanes of at least 4 members (excludes halogenated alkanes) is 1. The molecule has 0 saturated heterocycles. The molecule has 0 unspecified atom stereocenters. The van der Waals surface area contributed by atoms with Crippen LogP contribution < -0.4 is 10.6 Å². The van der Waals surface area contributed by atoms with Gasteiger partial charge in [-0.05, 0) is 25.5 Å². The van der Waals surface area contributed by atoms with Crippen LogP contribution in [0.4, 0.5) is 0 Å². The SMILES string of the molecule is CCCCNC(=NCc1nc2ccccc2n1C)NCC. The van der Waals surface area contributed by atoms with Crippen LogP contribution in [0.15, 0.2) is 29.3 Å². The average Bonchev–Trinajstić information content (AvgIpc) is 2.82. The summed E-state index contributed by atoms with van der Waals surface area (Å²) < 4.78 is 2.11. The predicted octanol–water partition coefficient (Wildman–Crippen LogP) is 2.43. The molecule has 0 aliphatic heterocycles. The van der Waals surface area contributed by atoms with Gasteiger partial charge in [0.25, 0.3) is 0 Å². The summed E-state index contributed by atoms with van der Waals surface area (Å²) in [5.74, 6) is 1.84. The lowest BCUT2D eigenvalue weighted by molar-refractivity contribution is 0.724. The minimum absolute atomic E-state index is 0.576. The van der Waals surface area contributed by atoms with E-state index in [0.29, 0.717) is 6.54 Å². The lowest BCUT2D eigenvalue weighted by Gasteiger charge is -2.10. The van der Waals surface area contributed by atoms with Crippen molar-refractivity contribution >= 4 is 17.0 Å². The van der Waals surface area contributed by atoms with Crippen LogP contribution in [0.25, 0.3) is 11.0 Å². The summed E-state index contributed by atoms with van der Waals surface area (Å²) in [7, 11) is 2.04. The van der Waals surface area contributed by atoms with Gasteiger partial charge in [0.05, 0.1) is 11.0 Å². The number of imidazole rings is 1. The van der Waals surface area contributed by atoms with Crippen LogP contribution in [0.2, 0.25) is 0 Å². The molecule has 0 aliphatic rings. The van der Waals surface area contributed by atoms with E-state index in [-0.39, 0.29) is 0 Å². The van der Waals surface area contributed by atoms with Gasteiger partial charge in [0.2, 0.25) is 0 Å². The second kappa shape index (κ2) is 7.67. The molecule has 1 aromatic carbocycles. The first-order chi connectivity index (χ1) is 10.3. The van der Waals surface area contributed by atoms with Gasteiger partial charge in [0.1, 0.15) is 12.4 Å². The van der Waals surface area contributed by atoms with Crippen molar-refractivity contribution in [3.8, 4) is 0 Å². The zero-order valence-corrected chi connectivity index (χ0v) is 13.2. The van der Waals surface area contributed by atoms with Gasteiger partial charge >= 0.3 is 0 Å². The van der Waals surface area contributed by atoms with Crippen molar-refractivity contribution in [1.82, 2.24) is 20.2 Å². The van der Waals surface area contributed by atoms with Gasteiger partial charge in [-0.1, -0.05) is 25.5 Å². The van der Waals surface area contributed by atoms with Gasteiger partial charge in [-0.25, -0.2) is 9.98 Å². The second-order valence-corrected chi connectivity index (χ2v) is 5.05. The lowest BCUT2D eigenvalue weighted by atomic mass is 10.3. The Morgan fingerprint density at radius 3 is 2.76 bits per heavy atom. The standard InChI is InChI=1S/C16H25N5/c1-4-6-11-18-16(17-5-2)19-12-15-20-13-9-7-8-10-14(13)21(15)3/h7-10H,4-6,11-12H2,1-3H3,(H2,17,18,19). The van der Waals surface area contributed by atoms with Gasteiger partial charge in [-0.2, -0.15) is 0 Å². The van der Waals surface area contributed by atoms with Crippen molar-refractivity contribution in [2.45, 2.75) is 33.2 Å². The number of aryl methyl sites for hydroxylation is 1. The molecule has 2 aromatic rings. The molecule has 2 rings (SSSR count). The number of guanidine groups is 1. The summed E-state index contributed by atoms with van der Waals surface area (Å²) in [6.07, 6.45) is 2.33. The normalized spacial score (nSPS) is 11.9. The Hall–Kier alpha value is -2.04. The lowest BCUT2D eigenvalue weighted by Crippen LogP contribution is -2.37. The highest BCUT2D eigenvalue weighted by Crippen LogP contribution is 2.14. The summed E-state index contributed by atoms with van der Waals surface area (Å²) in [6, 6.07) is 8.17. The van der Waals surface area contributed by atoms with E-state index in [1.807, 2.05) is 25.2 Å². The Bertz CT molecular complexity index is 600. The first kappa shape index (κ1) is 15.4. The van der Waals surface area contributed by atoms with Crippen LogP contribution in [0.5, 0.6) is 0 Å². The maximum atomic E-state index is 4.64. The number of rotatable bonds is 6. The number of hydrogen-bond donors (Lipinski definition) is 2. The topological polar surface area (TPSA) is 54.2 Å². The van der Waals surface area contributed by atoms with Crippen LogP contribution in [0, 0.1) is 0 Å². The zero-order valence-electron chi connectivity index (χ0n) is 13.2. The molecular weight excluding hydrogens is 262 g/mol. The van der Waals surface area contributed by atoms with Crippen LogP contribution in [0.1, 0.15) is 32.5 Å². The molecule has 21 heavy (non-hydrogen) atoms. The van der Waals surface area contributed by atoms with E-state index >= 15 is 0 Å². The first-order valence-corrected chi connectivity index (χ1v) is 7.68. The summed E-state index contributed by atoms with van der Waals surface area (Å²) in [5, 5.41) is 6.61. The molecule has 0 saturated carbocycles. The number of para-hydroxylation sites is 2. The Kier molecular flexibility index (Phi) is 5.60. The zero-order chi connectivity index (χ0) is 15.1. The largest absolute Gasteiger partial charge is 0.357 e. The predicted molar refractivity (Wildman–Crippen MR) is 88.4 cm³/mol. The number of benzene rings is 1. The molecular formula is C16H25N5. The molecule has 0 fully saturated rings. The minimum atomic E-state index is 0.576. The van der Waals surface area contributed by atoms with E-state index in [0.717, 1.165) is 42.3 Å². The third-order valence-corrected chi connectivity index (χ3v) is 3.43. The van der Waals surface area contributed by atoms with Crippen molar-refractivity contribution < 1.29 is 0 Å². The molecule has 0 spiro atoms. The van der Waals surface area contributed by atoms with Crippen molar-refractivity contribution in [2.24, 2.45) is 12.0 Å². The molecule has 1 heterocycles. The maximum Gasteiger partial charge on any atom is 0.191 e. The van der Waals surface area contributed by atoms with E-state index in [2.05, 4.69) is 45.1 Å². The summed E-state index contributed by atoms with van der Waals surface area (Å²) >= 11 is 0. The maximum absolute atomic E-state index is 4.64. The third kappa shape index (κ3) is 3.97. The summed E-state index contributed by atoms with van der Waals surface area (Å²) in [4.78, 5) is 9.26. The second-order valence-electron chi connectivity index (χ2n) is 5.05. The van der Waals surface area contributed by atoms with Crippen molar-refractivity contribution in [1.29, 1.82) is 0 Å². The fraction of sp³-hybridized carbons (Fsp3) is 0.500. The number of nitrogens with one attached hydrogen (secondary N) is 2. The highest BCUT2D eigenvalue weighted by atomic mass is 15.2. The Labute approximate surface area is 126 Å². The molecule has 0 amide bonds. The van der Waals surface area contributed by atoms with E-state index in [4.69, 9.17) is 0 Å². The highest BCUT2D eigenvalue weighted by molar-refractivity contribution is 5.80. The van der Waals surface area contributed by atoms with Crippen molar-refractivity contribution in [3.05, 3.63) is 30.1 Å². The number of nitrogens with zero attached hydrogens (tertiary/aromatic N) is 3. The first-order valence-electron chi connectivity index (χ1n) is 7.68. The molecule has 0 radical (unpaired) electrons. The number of fused-ring (bicyclic) bond motifs is 1. The average molecular weight is 287 g/mol. The van der Waals surface area contributed by atoms with Crippen molar-refractivity contribution in [2.75, 3.05) is 13.1 Å². The minimum Gasteiger partial charge on any atom is -0.357 e. The third-order valence-electron chi connectivity index (χ3n) is 3.43. The van der Waals surface area contributed by atoms with Crippen LogP contribution >= 0.6 is 0 Å². The molecule has 0 atom stereocenters. The smallest absolute Gasteiger partial charge is 0.191 e. The highest BCUT2D eigenvalue weighted by Gasteiger charge is 2.06. The number of aliphatic imine (C=N–C) groups is 1. The van der Waals surface area contributed by atoms with E-state index < -0.39 is 0 Å². The fourth-order valence-electron chi connectivity index (χ4n) is 2.21. The van der Waals surface area contributed by atoms with Gasteiger partial charge in [0, 0.05) is 20.1 Å². The van der Waals surface area contributed by atoms with Gasteiger partial charge in [-0.3, -0.25) is 0 Å². The van der Waals surface area contributed by atoms with Gasteiger partial charge < -0.3 is 15.2 Å². The van der Waals surface area contributed by atoms with Gasteiger partial charge in [-0.15, -0.1) is 0 Å². The quantitative estimate of drug-likeness (QED) is 0.487.